The van der Waals surface area contributed by atoms with Gasteiger partial charge in [-0.25, -0.2) is 5.48 Å². The Bertz CT molecular complexity index is 609. The fraction of sp³-hybridized carbons (Fsp3) is 0.500. The van der Waals surface area contributed by atoms with Crippen LogP contribution in [0.2, 0.25) is 0 Å². The van der Waals surface area contributed by atoms with Crippen LogP contribution in [0.1, 0.15) is 43.1 Å². The summed E-state index contributed by atoms with van der Waals surface area (Å²) < 4.78 is 5.69. The van der Waals surface area contributed by atoms with Crippen LogP contribution in [0.5, 0.6) is 5.75 Å². The molecule has 0 fully saturated rings. The van der Waals surface area contributed by atoms with E-state index in [1.807, 2.05) is 6.92 Å². The first-order valence-corrected chi connectivity index (χ1v) is 7.43. The standard InChI is InChI=1S/C16H22N2O5/c1-10-9-23-13-6-11(15(20)17-22)4-5-12(13)8-18(10)14(19)7-16(2,3)21/h4-6,10,21-22H,7-9H2,1-3H3,(H,17,20)/t10-/m0/s1. The predicted octanol–water partition coefficient (Wildman–Crippen LogP) is 1.08. The van der Waals surface area contributed by atoms with Crippen molar-refractivity contribution in [2.75, 3.05) is 6.61 Å². The highest BCUT2D eigenvalue weighted by Crippen LogP contribution is 2.27. The molecule has 0 saturated carbocycles. The average Bonchev–Trinajstić information content (AvgIpc) is 2.63. The van der Waals surface area contributed by atoms with E-state index in [0.717, 1.165) is 5.56 Å². The lowest BCUT2D eigenvalue weighted by Gasteiger charge is -2.29. The van der Waals surface area contributed by atoms with Crippen molar-refractivity contribution in [1.82, 2.24) is 10.4 Å². The first kappa shape index (κ1) is 17.2. The van der Waals surface area contributed by atoms with Crippen molar-refractivity contribution in [3.63, 3.8) is 0 Å². The van der Waals surface area contributed by atoms with E-state index in [-0.39, 0.29) is 30.5 Å². The van der Waals surface area contributed by atoms with Crippen LogP contribution in [0.15, 0.2) is 18.2 Å². The average molecular weight is 322 g/mol. The molecule has 0 unspecified atom stereocenters. The molecule has 126 valence electrons. The number of carbonyl (C=O) groups excluding carboxylic acids is 2. The van der Waals surface area contributed by atoms with Crippen LogP contribution in [0, 0.1) is 0 Å². The lowest BCUT2D eigenvalue weighted by atomic mass is 10.0. The second kappa shape index (κ2) is 6.55. The number of aliphatic hydroxyl groups is 1. The molecule has 2 amide bonds. The number of benzene rings is 1. The minimum absolute atomic E-state index is 0.0255. The maximum absolute atomic E-state index is 12.4. The Morgan fingerprint density at radius 2 is 2.13 bits per heavy atom. The van der Waals surface area contributed by atoms with Gasteiger partial charge in [0.05, 0.1) is 18.1 Å². The first-order chi connectivity index (χ1) is 10.7. The van der Waals surface area contributed by atoms with Gasteiger partial charge in [0, 0.05) is 17.7 Å². The molecule has 0 aromatic heterocycles. The molecule has 0 aliphatic carbocycles. The fourth-order valence-corrected chi connectivity index (χ4v) is 2.47. The summed E-state index contributed by atoms with van der Waals surface area (Å²) in [7, 11) is 0. The number of carbonyl (C=O) groups is 2. The van der Waals surface area contributed by atoms with Crippen LogP contribution >= 0.6 is 0 Å². The Morgan fingerprint density at radius 1 is 1.43 bits per heavy atom. The van der Waals surface area contributed by atoms with Crippen molar-refractivity contribution in [3.05, 3.63) is 29.3 Å². The summed E-state index contributed by atoms with van der Waals surface area (Å²) in [6.45, 7) is 5.69. The molecule has 1 aliphatic rings. The quantitative estimate of drug-likeness (QED) is 0.571. The SMILES string of the molecule is C[C@H]1COc2cc(C(=O)NO)ccc2CN1C(=O)CC(C)(C)O. The number of rotatable bonds is 3. The Morgan fingerprint density at radius 3 is 2.74 bits per heavy atom. The second-order valence-corrected chi connectivity index (χ2v) is 6.43. The maximum atomic E-state index is 12.4. The summed E-state index contributed by atoms with van der Waals surface area (Å²) in [5.41, 5.74) is 1.55. The highest BCUT2D eigenvalue weighted by molar-refractivity contribution is 5.93. The Balaban J connectivity index is 2.24. The molecular formula is C16H22N2O5. The molecule has 0 spiro atoms. The molecule has 3 N–H and O–H groups in total. The van der Waals surface area contributed by atoms with Gasteiger partial charge in [-0.3, -0.25) is 14.8 Å². The molecule has 7 nitrogen and oxygen atoms in total. The van der Waals surface area contributed by atoms with E-state index < -0.39 is 11.5 Å². The van der Waals surface area contributed by atoms with Crippen LogP contribution < -0.4 is 10.2 Å². The van der Waals surface area contributed by atoms with Gasteiger partial charge in [-0.1, -0.05) is 6.07 Å². The lowest BCUT2D eigenvalue weighted by molar-refractivity contribution is -0.138. The molecule has 1 aromatic carbocycles. The smallest absolute Gasteiger partial charge is 0.274 e. The monoisotopic (exact) mass is 322 g/mol. The molecule has 0 radical (unpaired) electrons. The molecular weight excluding hydrogens is 300 g/mol. The topological polar surface area (TPSA) is 99.1 Å². The van der Waals surface area contributed by atoms with Gasteiger partial charge in [0.1, 0.15) is 12.4 Å². The van der Waals surface area contributed by atoms with Gasteiger partial charge < -0.3 is 14.7 Å². The van der Waals surface area contributed by atoms with Gasteiger partial charge >= 0.3 is 0 Å². The van der Waals surface area contributed by atoms with E-state index in [0.29, 0.717) is 12.3 Å². The van der Waals surface area contributed by atoms with E-state index in [1.165, 1.54) is 6.07 Å². The van der Waals surface area contributed by atoms with E-state index in [9.17, 15) is 14.7 Å². The summed E-state index contributed by atoms with van der Waals surface area (Å²) in [5, 5.41) is 18.5. The van der Waals surface area contributed by atoms with E-state index >= 15 is 0 Å². The summed E-state index contributed by atoms with van der Waals surface area (Å²) in [6, 6.07) is 4.63. The Kier molecular flexibility index (Phi) is 4.91. The number of fused-ring (bicyclic) bond motifs is 1. The van der Waals surface area contributed by atoms with Crippen molar-refractivity contribution < 1.29 is 24.6 Å². The predicted molar refractivity (Wildman–Crippen MR) is 82.1 cm³/mol. The van der Waals surface area contributed by atoms with Crippen molar-refractivity contribution in [2.45, 2.75) is 45.4 Å². The van der Waals surface area contributed by atoms with Crippen molar-refractivity contribution in [1.29, 1.82) is 0 Å². The molecule has 0 saturated heterocycles. The minimum Gasteiger partial charge on any atom is -0.491 e. The fourth-order valence-electron chi connectivity index (χ4n) is 2.47. The molecule has 1 aliphatic heterocycles. The van der Waals surface area contributed by atoms with Gasteiger partial charge in [0.2, 0.25) is 5.91 Å². The van der Waals surface area contributed by atoms with Gasteiger partial charge in [-0.05, 0) is 32.9 Å². The minimum atomic E-state index is -1.07. The van der Waals surface area contributed by atoms with Gasteiger partial charge in [0.15, 0.2) is 0 Å². The zero-order valence-corrected chi connectivity index (χ0v) is 13.5. The largest absolute Gasteiger partial charge is 0.491 e. The van der Waals surface area contributed by atoms with E-state index in [1.54, 1.807) is 36.4 Å². The molecule has 1 aromatic rings. The van der Waals surface area contributed by atoms with Crippen LogP contribution in [0.25, 0.3) is 0 Å². The molecule has 1 atom stereocenters. The highest BCUT2D eigenvalue weighted by atomic mass is 16.5. The van der Waals surface area contributed by atoms with Crippen LogP contribution in [-0.2, 0) is 11.3 Å². The maximum Gasteiger partial charge on any atom is 0.274 e. The summed E-state index contributed by atoms with van der Waals surface area (Å²) >= 11 is 0. The normalized spacial score (nSPS) is 17.8. The van der Waals surface area contributed by atoms with Gasteiger partial charge in [-0.15, -0.1) is 0 Å². The second-order valence-electron chi connectivity index (χ2n) is 6.43. The van der Waals surface area contributed by atoms with Crippen LogP contribution in [0.3, 0.4) is 0 Å². The van der Waals surface area contributed by atoms with Crippen molar-refractivity contribution in [2.24, 2.45) is 0 Å². The number of hydrogen-bond donors (Lipinski definition) is 3. The molecule has 7 heteroatoms. The van der Waals surface area contributed by atoms with Gasteiger partial charge in [-0.2, -0.15) is 0 Å². The third-order valence-electron chi connectivity index (χ3n) is 3.69. The highest BCUT2D eigenvalue weighted by Gasteiger charge is 2.29. The number of hydroxylamine groups is 1. The zero-order chi connectivity index (χ0) is 17.2. The molecule has 23 heavy (non-hydrogen) atoms. The molecule has 1 heterocycles. The summed E-state index contributed by atoms with van der Waals surface area (Å²) in [5.74, 6) is -0.265. The third-order valence-corrected chi connectivity index (χ3v) is 3.69. The number of ether oxygens (including phenoxy) is 1. The van der Waals surface area contributed by atoms with E-state index in [2.05, 4.69) is 0 Å². The first-order valence-electron chi connectivity index (χ1n) is 7.43. The van der Waals surface area contributed by atoms with Crippen molar-refractivity contribution >= 4 is 11.8 Å². The van der Waals surface area contributed by atoms with Crippen molar-refractivity contribution in [3.8, 4) is 5.75 Å². The Hall–Kier alpha value is -2.12. The third kappa shape index (κ3) is 4.20. The number of amides is 2. The number of nitrogens with zero attached hydrogens (tertiary/aromatic N) is 1. The lowest BCUT2D eigenvalue weighted by Crippen LogP contribution is -2.42. The zero-order valence-electron chi connectivity index (χ0n) is 13.5. The summed E-state index contributed by atoms with van der Waals surface area (Å²) in [6.07, 6.45) is 0.0255. The van der Waals surface area contributed by atoms with Gasteiger partial charge in [0.25, 0.3) is 5.91 Å². The molecule has 0 bridgehead atoms. The summed E-state index contributed by atoms with van der Waals surface area (Å²) in [4.78, 5) is 25.6. The van der Waals surface area contributed by atoms with Crippen LogP contribution in [-0.4, -0.2) is 45.3 Å². The molecule has 2 rings (SSSR count). The van der Waals surface area contributed by atoms with Crippen LogP contribution in [0.4, 0.5) is 0 Å². The number of nitrogens with one attached hydrogen (secondary N) is 1. The number of hydrogen-bond acceptors (Lipinski definition) is 5. The van der Waals surface area contributed by atoms with E-state index in [4.69, 9.17) is 9.94 Å². The Labute approximate surface area is 134 Å².